The van der Waals surface area contributed by atoms with Crippen LogP contribution in [0.5, 0.6) is 0 Å². The summed E-state index contributed by atoms with van der Waals surface area (Å²) in [5, 5.41) is 8.72. The smallest absolute Gasteiger partial charge is 0.303 e. The summed E-state index contributed by atoms with van der Waals surface area (Å²) in [4.78, 5) is 10.6. The van der Waals surface area contributed by atoms with Gasteiger partial charge in [-0.2, -0.15) is 0 Å². The third-order valence-electron chi connectivity index (χ3n) is 3.41. The van der Waals surface area contributed by atoms with Crippen LogP contribution >= 0.6 is 0 Å². The Hall–Kier alpha value is -0.710. The average Bonchev–Trinajstić information content (AvgIpc) is 2.05. The fourth-order valence-corrected chi connectivity index (χ4v) is 2.81. The molecule has 1 aliphatic carbocycles. The van der Waals surface area contributed by atoms with Crippen molar-refractivity contribution in [2.24, 2.45) is 17.8 Å². The van der Waals surface area contributed by atoms with Crippen LogP contribution in [-0.2, 0) is 9.53 Å². The Morgan fingerprint density at radius 3 is 2.33 bits per heavy atom. The maximum absolute atomic E-state index is 13.2. The van der Waals surface area contributed by atoms with Crippen molar-refractivity contribution in [2.45, 2.75) is 25.2 Å². The maximum Gasteiger partial charge on any atom is 0.303 e. The normalized spacial score (nSPS) is 38.7. The standard InChI is InChI=1S/C10H14F2O3/c11-10(12)2-6-4-15-5-7(3-10)8(6)1-9(13)14/h6-8H,1-5H2,(H,13,14). The highest BCUT2D eigenvalue weighted by atomic mass is 19.3. The Balaban J connectivity index is 2.10. The summed E-state index contributed by atoms with van der Waals surface area (Å²) in [6, 6.07) is 0. The third kappa shape index (κ3) is 2.27. The lowest BCUT2D eigenvalue weighted by atomic mass is 9.68. The lowest BCUT2D eigenvalue weighted by Gasteiger charge is -2.44. The fraction of sp³-hybridized carbons (Fsp3) is 0.900. The molecule has 2 atom stereocenters. The molecule has 86 valence electrons. The second-order valence-corrected chi connectivity index (χ2v) is 4.58. The number of halogens is 2. The molecule has 2 rings (SSSR count). The number of rotatable bonds is 2. The third-order valence-corrected chi connectivity index (χ3v) is 3.41. The zero-order valence-corrected chi connectivity index (χ0v) is 8.29. The van der Waals surface area contributed by atoms with Crippen molar-refractivity contribution in [3.05, 3.63) is 0 Å². The summed E-state index contributed by atoms with van der Waals surface area (Å²) in [5.74, 6) is -4.24. The van der Waals surface area contributed by atoms with Crippen LogP contribution in [0, 0.1) is 17.8 Å². The molecule has 2 unspecified atom stereocenters. The zero-order valence-electron chi connectivity index (χ0n) is 8.29. The first kappa shape index (κ1) is 10.8. The number of carboxylic acids is 1. The van der Waals surface area contributed by atoms with E-state index < -0.39 is 11.9 Å². The monoisotopic (exact) mass is 220 g/mol. The number of hydrogen-bond acceptors (Lipinski definition) is 2. The zero-order chi connectivity index (χ0) is 11.1. The van der Waals surface area contributed by atoms with E-state index in [2.05, 4.69) is 0 Å². The van der Waals surface area contributed by atoms with Gasteiger partial charge in [0.1, 0.15) is 0 Å². The van der Waals surface area contributed by atoms with Gasteiger partial charge in [-0.3, -0.25) is 4.79 Å². The topological polar surface area (TPSA) is 46.5 Å². The van der Waals surface area contributed by atoms with Crippen LogP contribution in [0.2, 0.25) is 0 Å². The predicted octanol–water partition coefficient (Wildman–Crippen LogP) is 1.77. The number of alkyl halides is 2. The van der Waals surface area contributed by atoms with Crippen molar-refractivity contribution in [3.63, 3.8) is 0 Å². The summed E-state index contributed by atoms with van der Waals surface area (Å²) in [5.41, 5.74) is 0. The SMILES string of the molecule is O=C(O)CC1C2COCC1CC(F)(F)C2. The van der Waals surface area contributed by atoms with E-state index in [1.807, 2.05) is 0 Å². The molecular formula is C10H14F2O3. The minimum absolute atomic E-state index is 0.00519. The lowest BCUT2D eigenvalue weighted by Crippen LogP contribution is -2.47. The van der Waals surface area contributed by atoms with Gasteiger partial charge in [-0.1, -0.05) is 0 Å². The van der Waals surface area contributed by atoms with E-state index >= 15 is 0 Å². The highest BCUT2D eigenvalue weighted by molar-refractivity contribution is 5.67. The number of ether oxygens (including phenoxy) is 1. The van der Waals surface area contributed by atoms with Gasteiger partial charge in [-0.05, 0) is 17.8 Å². The van der Waals surface area contributed by atoms with E-state index in [1.54, 1.807) is 0 Å². The minimum Gasteiger partial charge on any atom is -0.481 e. The fourth-order valence-electron chi connectivity index (χ4n) is 2.81. The van der Waals surface area contributed by atoms with Crippen LogP contribution in [0.25, 0.3) is 0 Å². The predicted molar refractivity (Wildman–Crippen MR) is 47.7 cm³/mol. The van der Waals surface area contributed by atoms with Crippen molar-refractivity contribution in [1.82, 2.24) is 0 Å². The molecule has 0 spiro atoms. The van der Waals surface area contributed by atoms with E-state index in [9.17, 15) is 13.6 Å². The van der Waals surface area contributed by atoms with Crippen molar-refractivity contribution in [1.29, 1.82) is 0 Å². The highest BCUT2D eigenvalue weighted by Crippen LogP contribution is 2.47. The molecule has 0 aromatic carbocycles. The molecule has 0 aromatic heterocycles. The molecule has 1 saturated heterocycles. The first-order valence-corrected chi connectivity index (χ1v) is 5.15. The molecule has 2 aliphatic rings. The van der Waals surface area contributed by atoms with Crippen molar-refractivity contribution >= 4 is 5.97 Å². The van der Waals surface area contributed by atoms with Crippen LogP contribution in [0.1, 0.15) is 19.3 Å². The molecule has 0 radical (unpaired) electrons. The summed E-state index contributed by atoms with van der Waals surface area (Å²) in [7, 11) is 0. The first-order valence-electron chi connectivity index (χ1n) is 5.15. The summed E-state index contributed by atoms with van der Waals surface area (Å²) in [6.45, 7) is 0.564. The first-order chi connectivity index (χ1) is 6.98. The Morgan fingerprint density at radius 2 is 1.87 bits per heavy atom. The Labute approximate surface area is 86.4 Å². The molecule has 1 N–H and O–H groups in total. The largest absolute Gasteiger partial charge is 0.481 e. The molecule has 2 bridgehead atoms. The number of carbonyl (C=O) groups is 1. The van der Waals surface area contributed by atoms with Crippen LogP contribution in [0.4, 0.5) is 8.78 Å². The van der Waals surface area contributed by atoms with Crippen molar-refractivity contribution in [3.8, 4) is 0 Å². The number of hydrogen-bond donors (Lipinski definition) is 1. The van der Waals surface area contributed by atoms with Gasteiger partial charge in [-0.15, -0.1) is 0 Å². The molecule has 5 heteroatoms. The Kier molecular flexibility index (Phi) is 2.66. The number of aliphatic carboxylic acids is 1. The molecule has 3 nitrogen and oxygen atoms in total. The molecular weight excluding hydrogens is 206 g/mol. The highest BCUT2D eigenvalue weighted by Gasteiger charge is 2.49. The van der Waals surface area contributed by atoms with Crippen molar-refractivity contribution in [2.75, 3.05) is 13.2 Å². The molecule has 1 saturated carbocycles. The van der Waals surface area contributed by atoms with E-state index in [1.165, 1.54) is 0 Å². The van der Waals surface area contributed by atoms with E-state index in [-0.39, 0.29) is 50.2 Å². The van der Waals surface area contributed by atoms with E-state index in [4.69, 9.17) is 9.84 Å². The van der Waals surface area contributed by atoms with Crippen LogP contribution in [-0.4, -0.2) is 30.2 Å². The molecule has 1 heterocycles. The van der Waals surface area contributed by atoms with Crippen LogP contribution < -0.4 is 0 Å². The van der Waals surface area contributed by atoms with Gasteiger partial charge in [0.05, 0.1) is 0 Å². The molecule has 2 fully saturated rings. The lowest BCUT2D eigenvalue weighted by molar-refractivity contribution is -0.165. The second-order valence-electron chi connectivity index (χ2n) is 4.58. The van der Waals surface area contributed by atoms with E-state index in [0.29, 0.717) is 0 Å². The number of fused-ring (bicyclic) bond motifs is 2. The van der Waals surface area contributed by atoms with Gasteiger partial charge >= 0.3 is 5.97 Å². The quantitative estimate of drug-likeness (QED) is 0.771. The summed E-state index contributed by atoms with van der Waals surface area (Å²) in [6.07, 6.45) is -0.447. The van der Waals surface area contributed by atoms with Crippen LogP contribution in [0.3, 0.4) is 0 Å². The maximum atomic E-state index is 13.2. The number of carboxylic acid groups (broad SMARTS) is 1. The van der Waals surface area contributed by atoms with Gasteiger partial charge in [-0.25, -0.2) is 8.78 Å². The second kappa shape index (κ2) is 3.70. The summed E-state index contributed by atoms with van der Waals surface area (Å²) < 4.78 is 31.7. The molecule has 0 amide bonds. The molecule has 1 aliphatic heterocycles. The molecule has 0 aromatic rings. The van der Waals surface area contributed by atoms with Gasteiger partial charge in [0.15, 0.2) is 0 Å². The van der Waals surface area contributed by atoms with Gasteiger partial charge < -0.3 is 9.84 Å². The Bertz CT molecular complexity index is 251. The van der Waals surface area contributed by atoms with Gasteiger partial charge in [0, 0.05) is 32.5 Å². The van der Waals surface area contributed by atoms with Gasteiger partial charge in [0.2, 0.25) is 5.92 Å². The minimum atomic E-state index is -2.63. The van der Waals surface area contributed by atoms with Crippen LogP contribution in [0.15, 0.2) is 0 Å². The average molecular weight is 220 g/mol. The van der Waals surface area contributed by atoms with E-state index in [0.717, 1.165) is 0 Å². The van der Waals surface area contributed by atoms with Gasteiger partial charge in [0.25, 0.3) is 0 Å². The Morgan fingerprint density at radius 1 is 1.33 bits per heavy atom. The molecule has 15 heavy (non-hydrogen) atoms. The van der Waals surface area contributed by atoms with Crippen molar-refractivity contribution < 1.29 is 23.4 Å². The summed E-state index contributed by atoms with van der Waals surface area (Å²) >= 11 is 0.